The van der Waals surface area contributed by atoms with Crippen LogP contribution in [0.3, 0.4) is 0 Å². The number of fused-ring (bicyclic) bond motifs is 3. The second-order valence-electron chi connectivity index (χ2n) is 9.21. The van der Waals surface area contributed by atoms with Gasteiger partial charge in [0.05, 0.1) is 24.7 Å². The van der Waals surface area contributed by atoms with E-state index in [1.165, 1.54) is 35.4 Å². The maximum absolute atomic E-state index is 12.9. The summed E-state index contributed by atoms with van der Waals surface area (Å²) in [7, 11) is 3.33. The number of nitro groups is 1. The lowest BCUT2D eigenvalue weighted by atomic mass is 9.61. The number of methoxy groups -OCH3 is 2. The first kappa shape index (κ1) is 22.9. The van der Waals surface area contributed by atoms with E-state index in [1.807, 2.05) is 24.3 Å². The monoisotopic (exact) mass is 473 g/mol. The van der Waals surface area contributed by atoms with Gasteiger partial charge in [-0.2, -0.15) is 0 Å². The van der Waals surface area contributed by atoms with Crippen LogP contribution < -0.4 is 9.47 Å². The Morgan fingerprint density at radius 2 is 1.74 bits per heavy atom. The van der Waals surface area contributed by atoms with E-state index in [0.29, 0.717) is 17.9 Å². The van der Waals surface area contributed by atoms with Crippen LogP contribution in [0.15, 0.2) is 66.7 Å². The van der Waals surface area contributed by atoms with Crippen molar-refractivity contribution in [3.8, 4) is 11.5 Å². The summed E-state index contributed by atoms with van der Waals surface area (Å²) >= 11 is 0. The Morgan fingerprint density at radius 3 is 2.40 bits per heavy atom. The Balaban J connectivity index is 1.51. The Kier molecular flexibility index (Phi) is 5.93. The summed E-state index contributed by atoms with van der Waals surface area (Å²) in [6.45, 7) is 0. The zero-order valence-electron chi connectivity index (χ0n) is 19.7. The minimum atomic E-state index is -0.486. The lowest BCUT2D eigenvalue weighted by Gasteiger charge is -2.44. The van der Waals surface area contributed by atoms with Crippen molar-refractivity contribution in [2.45, 2.75) is 37.2 Å². The molecule has 0 bridgehead atoms. The highest BCUT2D eigenvalue weighted by atomic mass is 16.6. The molecule has 2 aliphatic carbocycles. The molecule has 0 amide bonds. The summed E-state index contributed by atoms with van der Waals surface area (Å²) in [5, 5.41) is 10.9. The van der Waals surface area contributed by atoms with Gasteiger partial charge in [-0.1, -0.05) is 30.3 Å². The minimum absolute atomic E-state index is 0.0600. The zero-order valence-corrected chi connectivity index (χ0v) is 19.7. The molecule has 7 heteroatoms. The van der Waals surface area contributed by atoms with Gasteiger partial charge in [-0.3, -0.25) is 10.1 Å². The number of benzene rings is 3. The van der Waals surface area contributed by atoms with Crippen molar-refractivity contribution in [1.29, 1.82) is 0 Å². The third-order valence-electron chi connectivity index (χ3n) is 7.49. The van der Waals surface area contributed by atoms with Gasteiger partial charge in [-0.15, -0.1) is 0 Å². The normalized spacial score (nSPS) is 22.6. The summed E-state index contributed by atoms with van der Waals surface area (Å²) in [4.78, 5) is 23.4. The second-order valence-corrected chi connectivity index (χ2v) is 9.21. The van der Waals surface area contributed by atoms with Gasteiger partial charge < -0.3 is 14.2 Å². The molecule has 5 rings (SSSR count). The fourth-order valence-electron chi connectivity index (χ4n) is 5.97. The molecule has 0 aliphatic heterocycles. The highest BCUT2D eigenvalue weighted by molar-refractivity contribution is 5.89. The van der Waals surface area contributed by atoms with E-state index in [-0.39, 0.29) is 17.2 Å². The van der Waals surface area contributed by atoms with Gasteiger partial charge >= 0.3 is 5.97 Å². The molecule has 7 nitrogen and oxygen atoms in total. The van der Waals surface area contributed by atoms with Gasteiger partial charge in [0.1, 0.15) is 17.6 Å². The molecular formula is C28H27NO6. The van der Waals surface area contributed by atoms with Crippen LogP contribution in [0.4, 0.5) is 5.69 Å². The maximum atomic E-state index is 12.9. The summed E-state index contributed by atoms with van der Waals surface area (Å²) < 4.78 is 17.4. The van der Waals surface area contributed by atoms with E-state index < -0.39 is 10.9 Å². The van der Waals surface area contributed by atoms with E-state index in [9.17, 15) is 14.9 Å². The number of carbonyl (C=O) groups is 1. The largest absolute Gasteiger partial charge is 0.497 e. The van der Waals surface area contributed by atoms with Crippen molar-refractivity contribution in [2.75, 3.05) is 14.2 Å². The van der Waals surface area contributed by atoms with Crippen molar-refractivity contribution in [3.63, 3.8) is 0 Å². The van der Waals surface area contributed by atoms with E-state index in [4.69, 9.17) is 14.2 Å². The van der Waals surface area contributed by atoms with Crippen LogP contribution in [0.25, 0.3) is 0 Å². The second kappa shape index (κ2) is 9.06. The van der Waals surface area contributed by atoms with Crippen LogP contribution in [-0.4, -0.2) is 31.2 Å². The number of non-ortho nitro benzene ring substituents is 1. The predicted molar refractivity (Wildman–Crippen MR) is 130 cm³/mol. The number of carbonyl (C=O) groups excluding carboxylic acids is 1. The first-order chi connectivity index (χ1) is 17.0. The first-order valence-corrected chi connectivity index (χ1v) is 11.7. The van der Waals surface area contributed by atoms with Gasteiger partial charge in [0.15, 0.2) is 0 Å². The number of hydrogen-bond acceptors (Lipinski definition) is 6. The molecule has 0 saturated heterocycles. The van der Waals surface area contributed by atoms with Crippen molar-refractivity contribution in [2.24, 2.45) is 5.92 Å². The molecule has 2 aliphatic rings. The molecule has 1 fully saturated rings. The summed E-state index contributed by atoms with van der Waals surface area (Å²) in [5.74, 6) is 1.43. The van der Waals surface area contributed by atoms with Crippen LogP contribution in [0, 0.1) is 16.0 Å². The number of esters is 1. The number of ether oxygens (including phenoxy) is 3. The van der Waals surface area contributed by atoms with Gasteiger partial charge in [-0.25, -0.2) is 4.79 Å². The van der Waals surface area contributed by atoms with E-state index >= 15 is 0 Å². The summed E-state index contributed by atoms with van der Waals surface area (Å²) in [6, 6.07) is 19.9. The fraction of sp³-hybridized carbons (Fsp3) is 0.321. The molecule has 0 N–H and O–H groups in total. The molecule has 1 saturated carbocycles. The Labute approximate surface area is 203 Å². The van der Waals surface area contributed by atoms with E-state index in [1.54, 1.807) is 14.2 Å². The van der Waals surface area contributed by atoms with Crippen LogP contribution in [-0.2, 0) is 16.6 Å². The van der Waals surface area contributed by atoms with Gasteiger partial charge in [0.2, 0.25) is 0 Å². The molecule has 3 aromatic carbocycles. The Bertz CT molecular complexity index is 1260. The standard InChI is InChI=1S/C28H27NO6/c1-33-24-15-19-14-21-10-13-23(35-27(30)18-8-11-22(12-9-18)29(31)32)17-28(21,20-6-4-3-5-7-20)26(19)25(16-24)34-2/h3-9,11-12,15-16,21,23H,10,13-14,17H2,1-2H3/t21-,23+,28+/m1/s1. The number of nitro benzene ring substituents is 1. The van der Waals surface area contributed by atoms with Crippen molar-refractivity contribution < 1.29 is 23.9 Å². The van der Waals surface area contributed by atoms with Crippen LogP contribution in [0.2, 0.25) is 0 Å². The summed E-state index contributed by atoms with van der Waals surface area (Å²) in [5.41, 5.74) is 3.43. The topological polar surface area (TPSA) is 87.9 Å². The molecule has 0 heterocycles. The molecule has 3 atom stereocenters. The quantitative estimate of drug-likeness (QED) is 0.268. The lowest BCUT2D eigenvalue weighted by molar-refractivity contribution is -0.384. The van der Waals surface area contributed by atoms with Crippen molar-refractivity contribution in [1.82, 2.24) is 0 Å². The molecule has 3 aromatic rings. The number of rotatable bonds is 6. The smallest absolute Gasteiger partial charge is 0.338 e. The van der Waals surface area contributed by atoms with Crippen LogP contribution in [0.5, 0.6) is 11.5 Å². The average molecular weight is 474 g/mol. The zero-order chi connectivity index (χ0) is 24.6. The molecule has 180 valence electrons. The van der Waals surface area contributed by atoms with Crippen molar-refractivity contribution in [3.05, 3.63) is 99.1 Å². The van der Waals surface area contributed by atoms with E-state index in [0.717, 1.165) is 36.3 Å². The minimum Gasteiger partial charge on any atom is -0.497 e. The molecular weight excluding hydrogens is 446 g/mol. The lowest BCUT2D eigenvalue weighted by Crippen LogP contribution is -2.43. The molecule has 0 spiro atoms. The SMILES string of the molecule is COc1cc2c(c(OC)c1)[C@]1(c3ccccc3)C[C@@H](OC(=O)c3ccc([N+](=O)[O-])cc3)CC[C@@H]1C2. The molecule has 35 heavy (non-hydrogen) atoms. The predicted octanol–water partition coefficient (Wildman–Crippen LogP) is 5.48. The maximum Gasteiger partial charge on any atom is 0.338 e. The van der Waals surface area contributed by atoms with Gasteiger partial charge in [0.25, 0.3) is 5.69 Å². The Hall–Kier alpha value is -3.87. The third kappa shape index (κ3) is 3.91. The Morgan fingerprint density at radius 1 is 1.00 bits per heavy atom. The van der Waals surface area contributed by atoms with Gasteiger partial charge in [0, 0.05) is 29.2 Å². The first-order valence-electron chi connectivity index (χ1n) is 11.7. The fourth-order valence-corrected chi connectivity index (χ4v) is 5.97. The average Bonchev–Trinajstić information content (AvgIpc) is 3.23. The molecule has 0 unspecified atom stereocenters. The highest BCUT2D eigenvalue weighted by Gasteiger charge is 2.53. The third-order valence-corrected chi connectivity index (χ3v) is 7.49. The van der Waals surface area contributed by atoms with Gasteiger partial charge in [-0.05, 0) is 60.9 Å². The van der Waals surface area contributed by atoms with E-state index in [2.05, 4.69) is 18.2 Å². The highest BCUT2D eigenvalue weighted by Crippen LogP contribution is 2.59. The van der Waals surface area contributed by atoms with Crippen LogP contribution in [0.1, 0.15) is 46.3 Å². The number of hydrogen-bond donors (Lipinski definition) is 0. The number of nitrogens with zero attached hydrogens (tertiary/aromatic N) is 1. The van der Waals surface area contributed by atoms with Crippen LogP contribution >= 0.6 is 0 Å². The van der Waals surface area contributed by atoms with Crippen molar-refractivity contribution >= 4 is 11.7 Å². The molecule has 0 aromatic heterocycles. The summed E-state index contributed by atoms with van der Waals surface area (Å²) in [6.07, 6.45) is 2.89. The molecule has 0 radical (unpaired) electrons.